The van der Waals surface area contributed by atoms with Gasteiger partial charge in [-0.05, 0) is 78.9 Å². The SMILES string of the molecule is COc1ccc(NC(=O)c2ccc(S(=O)(=O)Nc3ccc(C)cc3)cc2)cc1-n1nnnc1C. The summed E-state index contributed by atoms with van der Waals surface area (Å²) < 4.78 is 34.7. The van der Waals surface area contributed by atoms with Crippen LogP contribution in [0.15, 0.2) is 71.6 Å². The predicted octanol–water partition coefficient (Wildman–Crippen LogP) is 3.34. The number of methoxy groups -OCH3 is 1. The molecule has 0 radical (unpaired) electrons. The zero-order valence-corrected chi connectivity index (χ0v) is 19.5. The molecular weight excluding hydrogens is 456 g/mol. The van der Waals surface area contributed by atoms with Gasteiger partial charge < -0.3 is 10.1 Å². The molecule has 0 saturated carbocycles. The first kappa shape index (κ1) is 22.9. The van der Waals surface area contributed by atoms with E-state index in [9.17, 15) is 13.2 Å². The van der Waals surface area contributed by atoms with Crippen LogP contribution in [0.2, 0.25) is 0 Å². The van der Waals surface area contributed by atoms with E-state index >= 15 is 0 Å². The largest absolute Gasteiger partial charge is 0.494 e. The van der Waals surface area contributed by atoms with Gasteiger partial charge in [0.1, 0.15) is 11.4 Å². The Morgan fingerprint density at radius 3 is 2.24 bits per heavy atom. The molecule has 1 heterocycles. The van der Waals surface area contributed by atoms with Gasteiger partial charge in [0.15, 0.2) is 5.82 Å². The maximum atomic E-state index is 12.8. The van der Waals surface area contributed by atoms with E-state index in [2.05, 4.69) is 25.6 Å². The van der Waals surface area contributed by atoms with Crippen LogP contribution in [0.1, 0.15) is 21.7 Å². The van der Waals surface area contributed by atoms with Gasteiger partial charge in [-0.1, -0.05) is 17.7 Å². The first-order chi connectivity index (χ1) is 16.3. The molecule has 4 rings (SSSR count). The van der Waals surface area contributed by atoms with E-state index in [0.717, 1.165) is 5.56 Å². The van der Waals surface area contributed by atoms with Crippen molar-refractivity contribution in [3.8, 4) is 11.4 Å². The molecule has 0 saturated heterocycles. The summed E-state index contributed by atoms with van der Waals surface area (Å²) in [6, 6.07) is 17.7. The lowest BCUT2D eigenvalue weighted by Crippen LogP contribution is -2.15. The molecule has 3 aromatic carbocycles. The summed E-state index contributed by atoms with van der Waals surface area (Å²) in [5, 5.41) is 14.2. The van der Waals surface area contributed by atoms with Crippen LogP contribution in [0.25, 0.3) is 5.69 Å². The number of nitrogens with zero attached hydrogens (tertiary/aromatic N) is 4. The van der Waals surface area contributed by atoms with Crippen LogP contribution in [0.4, 0.5) is 11.4 Å². The second-order valence-electron chi connectivity index (χ2n) is 7.47. The molecule has 1 amide bonds. The van der Waals surface area contributed by atoms with E-state index in [-0.39, 0.29) is 4.90 Å². The fraction of sp³-hybridized carbons (Fsp3) is 0.130. The van der Waals surface area contributed by atoms with Gasteiger partial charge in [-0.3, -0.25) is 9.52 Å². The number of carbonyl (C=O) groups is 1. The van der Waals surface area contributed by atoms with E-state index in [1.165, 1.54) is 36.1 Å². The van der Waals surface area contributed by atoms with Gasteiger partial charge in [0.05, 0.1) is 12.0 Å². The lowest BCUT2D eigenvalue weighted by molar-refractivity contribution is 0.102. The number of benzene rings is 3. The van der Waals surface area contributed by atoms with Gasteiger partial charge in [0.2, 0.25) is 0 Å². The average Bonchev–Trinajstić information content (AvgIpc) is 3.26. The van der Waals surface area contributed by atoms with E-state index < -0.39 is 15.9 Å². The maximum Gasteiger partial charge on any atom is 0.261 e. The first-order valence-electron chi connectivity index (χ1n) is 10.2. The lowest BCUT2D eigenvalue weighted by Gasteiger charge is -2.12. The third-order valence-electron chi connectivity index (χ3n) is 5.02. The molecule has 34 heavy (non-hydrogen) atoms. The third kappa shape index (κ3) is 4.89. The quantitative estimate of drug-likeness (QED) is 0.417. The second kappa shape index (κ2) is 9.32. The summed E-state index contributed by atoms with van der Waals surface area (Å²) in [4.78, 5) is 12.8. The van der Waals surface area contributed by atoms with Crippen molar-refractivity contribution in [2.24, 2.45) is 0 Å². The highest BCUT2D eigenvalue weighted by atomic mass is 32.2. The number of nitrogens with one attached hydrogen (secondary N) is 2. The molecule has 10 nitrogen and oxygen atoms in total. The summed E-state index contributed by atoms with van der Waals surface area (Å²) in [6.07, 6.45) is 0. The number of amides is 1. The highest BCUT2D eigenvalue weighted by Crippen LogP contribution is 2.27. The Bertz CT molecular complexity index is 1430. The Morgan fingerprint density at radius 1 is 0.941 bits per heavy atom. The number of tetrazole rings is 1. The number of ether oxygens (including phenoxy) is 1. The minimum Gasteiger partial charge on any atom is -0.494 e. The molecule has 0 fully saturated rings. The van der Waals surface area contributed by atoms with Crippen LogP contribution < -0.4 is 14.8 Å². The molecule has 0 aliphatic carbocycles. The maximum absolute atomic E-state index is 12.8. The standard InChI is InChI=1S/C23H22N6O4S/c1-15-4-8-18(9-5-15)26-34(31,32)20-11-6-17(7-12-20)23(30)24-19-10-13-22(33-3)21(14-19)29-16(2)25-27-28-29/h4-14,26H,1-3H3,(H,24,30). The van der Waals surface area contributed by atoms with Gasteiger partial charge >= 0.3 is 0 Å². The Hall–Kier alpha value is -4.25. The van der Waals surface area contributed by atoms with E-state index in [1.807, 2.05) is 19.1 Å². The average molecular weight is 479 g/mol. The van der Waals surface area contributed by atoms with Crippen LogP contribution in [-0.4, -0.2) is 41.6 Å². The van der Waals surface area contributed by atoms with Crippen molar-refractivity contribution in [3.63, 3.8) is 0 Å². The molecule has 0 aliphatic rings. The summed E-state index contributed by atoms with van der Waals surface area (Å²) in [5.41, 5.74) is 2.83. The zero-order valence-electron chi connectivity index (χ0n) is 18.7. The molecule has 0 atom stereocenters. The molecule has 4 aromatic rings. The summed E-state index contributed by atoms with van der Waals surface area (Å²) >= 11 is 0. The molecular formula is C23H22N6O4S. The fourth-order valence-electron chi connectivity index (χ4n) is 3.21. The molecule has 0 spiro atoms. The van der Waals surface area contributed by atoms with Crippen LogP contribution in [0, 0.1) is 13.8 Å². The van der Waals surface area contributed by atoms with Crippen molar-refractivity contribution in [1.29, 1.82) is 0 Å². The highest BCUT2D eigenvalue weighted by Gasteiger charge is 2.16. The normalized spacial score (nSPS) is 11.1. The van der Waals surface area contributed by atoms with Gasteiger partial charge in [-0.15, -0.1) is 5.10 Å². The smallest absolute Gasteiger partial charge is 0.261 e. The van der Waals surface area contributed by atoms with Crippen molar-refractivity contribution in [2.45, 2.75) is 18.7 Å². The molecule has 0 bridgehead atoms. The van der Waals surface area contributed by atoms with Gasteiger partial charge in [-0.25, -0.2) is 8.42 Å². The summed E-state index contributed by atoms with van der Waals surface area (Å²) in [5.74, 6) is 0.682. The van der Waals surface area contributed by atoms with Crippen molar-refractivity contribution >= 4 is 27.3 Å². The van der Waals surface area contributed by atoms with Crippen molar-refractivity contribution in [1.82, 2.24) is 20.2 Å². The molecule has 2 N–H and O–H groups in total. The topological polar surface area (TPSA) is 128 Å². The number of anilines is 2. The minimum absolute atomic E-state index is 0.0468. The minimum atomic E-state index is -3.79. The van der Waals surface area contributed by atoms with Crippen LogP contribution >= 0.6 is 0 Å². The lowest BCUT2D eigenvalue weighted by atomic mass is 10.2. The Balaban J connectivity index is 1.51. The monoisotopic (exact) mass is 478 g/mol. The molecule has 11 heteroatoms. The van der Waals surface area contributed by atoms with Gasteiger partial charge in [0, 0.05) is 16.9 Å². The van der Waals surface area contributed by atoms with Crippen molar-refractivity contribution in [2.75, 3.05) is 17.1 Å². The summed E-state index contributed by atoms with van der Waals surface area (Å²) in [7, 11) is -2.26. The number of hydrogen-bond donors (Lipinski definition) is 2. The first-order valence-corrected chi connectivity index (χ1v) is 11.7. The number of carbonyl (C=O) groups excluding carboxylic acids is 1. The van der Waals surface area contributed by atoms with Gasteiger partial charge in [-0.2, -0.15) is 4.68 Å². The van der Waals surface area contributed by atoms with Crippen LogP contribution in [-0.2, 0) is 10.0 Å². The molecule has 0 aliphatic heterocycles. The second-order valence-corrected chi connectivity index (χ2v) is 9.16. The molecule has 174 valence electrons. The Labute approximate surface area is 196 Å². The molecule has 0 unspecified atom stereocenters. The third-order valence-corrected chi connectivity index (χ3v) is 6.42. The van der Waals surface area contributed by atoms with Crippen LogP contribution in [0.3, 0.4) is 0 Å². The fourth-order valence-corrected chi connectivity index (χ4v) is 4.27. The van der Waals surface area contributed by atoms with Gasteiger partial charge in [0.25, 0.3) is 15.9 Å². The Kier molecular flexibility index (Phi) is 6.28. The van der Waals surface area contributed by atoms with Crippen molar-refractivity contribution < 1.29 is 17.9 Å². The van der Waals surface area contributed by atoms with Crippen molar-refractivity contribution in [3.05, 3.63) is 83.7 Å². The Morgan fingerprint density at radius 2 is 1.62 bits per heavy atom. The number of sulfonamides is 1. The molecule has 1 aromatic heterocycles. The highest BCUT2D eigenvalue weighted by molar-refractivity contribution is 7.92. The van der Waals surface area contributed by atoms with Crippen LogP contribution in [0.5, 0.6) is 5.75 Å². The summed E-state index contributed by atoms with van der Waals surface area (Å²) in [6.45, 7) is 3.66. The van der Waals surface area contributed by atoms with E-state index in [1.54, 1.807) is 37.3 Å². The predicted molar refractivity (Wildman–Crippen MR) is 127 cm³/mol. The number of aromatic nitrogens is 4. The number of hydrogen-bond acceptors (Lipinski definition) is 7. The van der Waals surface area contributed by atoms with E-state index in [0.29, 0.717) is 34.2 Å². The van der Waals surface area contributed by atoms with E-state index in [4.69, 9.17) is 4.74 Å². The number of aryl methyl sites for hydroxylation is 2. The number of rotatable bonds is 7. The zero-order chi connectivity index (χ0) is 24.3.